The summed E-state index contributed by atoms with van der Waals surface area (Å²) in [5.41, 5.74) is 0. The standard InChI is InChI=1S/C10H16O3Si/c1-4-14(11-2,12-3)13-10-8-6-5-7-9-10/h5-9H,4H2,1-3H3. The van der Waals surface area contributed by atoms with E-state index >= 15 is 0 Å². The fraction of sp³-hybridized carbons (Fsp3) is 0.400. The molecule has 0 aliphatic rings. The van der Waals surface area contributed by atoms with Gasteiger partial charge in [-0.3, -0.25) is 0 Å². The number of hydrogen-bond donors (Lipinski definition) is 0. The van der Waals surface area contributed by atoms with Crippen molar-refractivity contribution in [3.8, 4) is 5.75 Å². The lowest BCUT2D eigenvalue weighted by molar-refractivity contribution is 0.162. The Kier molecular flexibility index (Phi) is 4.12. The summed E-state index contributed by atoms with van der Waals surface area (Å²) in [7, 11) is 0.796. The average Bonchev–Trinajstić information content (AvgIpc) is 2.28. The minimum Gasteiger partial charge on any atom is -0.501 e. The molecule has 0 radical (unpaired) electrons. The quantitative estimate of drug-likeness (QED) is 0.701. The predicted molar refractivity (Wildman–Crippen MR) is 57.3 cm³/mol. The van der Waals surface area contributed by atoms with Crippen LogP contribution in [0, 0.1) is 0 Å². The Hall–Kier alpha value is -0.843. The molecule has 0 saturated carbocycles. The van der Waals surface area contributed by atoms with Crippen molar-refractivity contribution < 1.29 is 13.3 Å². The van der Waals surface area contributed by atoms with Gasteiger partial charge in [-0.05, 0) is 12.1 Å². The summed E-state index contributed by atoms with van der Waals surface area (Å²) in [6.45, 7) is 2.00. The molecule has 1 rings (SSSR count). The zero-order valence-electron chi connectivity index (χ0n) is 8.82. The minimum atomic E-state index is -2.46. The molecule has 0 aliphatic heterocycles. The third-order valence-electron chi connectivity index (χ3n) is 2.07. The van der Waals surface area contributed by atoms with Crippen LogP contribution < -0.4 is 4.43 Å². The van der Waals surface area contributed by atoms with Crippen LogP contribution in [0.3, 0.4) is 0 Å². The largest absolute Gasteiger partial charge is 0.565 e. The molecule has 1 aromatic rings. The van der Waals surface area contributed by atoms with E-state index in [-0.39, 0.29) is 0 Å². The lowest BCUT2D eigenvalue weighted by Crippen LogP contribution is -2.46. The van der Waals surface area contributed by atoms with E-state index in [2.05, 4.69) is 0 Å². The second-order valence-corrected chi connectivity index (χ2v) is 5.95. The van der Waals surface area contributed by atoms with E-state index < -0.39 is 8.80 Å². The lowest BCUT2D eigenvalue weighted by atomic mass is 10.3. The highest BCUT2D eigenvalue weighted by Gasteiger charge is 2.39. The van der Waals surface area contributed by atoms with Crippen molar-refractivity contribution in [3.63, 3.8) is 0 Å². The predicted octanol–water partition coefficient (Wildman–Crippen LogP) is 2.32. The van der Waals surface area contributed by atoms with Gasteiger partial charge in [0.15, 0.2) is 0 Å². The zero-order valence-corrected chi connectivity index (χ0v) is 9.82. The molecule has 14 heavy (non-hydrogen) atoms. The van der Waals surface area contributed by atoms with Crippen LogP contribution >= 0.6 is 0 Å². The second-order valence-electron chi connectivity index (χ2n) is 2.86. The molecule has 0 N–H and O–H groups in total. The number of hydrogen-bond acceptors (Lipinski definition) is 3. The average molecular weight is 212 g/mol. The molecule has 0 unspecified atom stereocenters. The summed E-state index contributed by atoms with van der Waals surface area (Å²) in [5, 5.41) is 0. The number of para-hydroxylation sites is 1. The summed E-state index contributed by atoms with van der Waals surface area (Å²) < 4.78 is 16.4. The van der Waals surface area contributed by atoms with E-state index in [4.69, 9.17) is 13.3 Å². The maximum atomic E-state index is 5.74. The fourth-order valence-electron chi connectivity index (χ4n) is 1.20. The van der Waals surface area contributed by atoms with E-state index in [9.17, 15) is 0 Å². The van der Waals surface area contributed by atoms with Crippen LogP contribution in [0.5, 0.6) is 5.75 Å². The van der Waals surface area contributed by atoms with Crippen molar-refractivity contribution in [2.45, 2.75) is 13.0 Å². The molecular formula is C10H16O3Si. The first kappa shape index (κ1) is 11.2. The van der Waals surface area contributed by atoms with Gasteiger partial charge in [0.25, 0.3) is 0 Å². The number of rotatable bonds is 5. The molecule has 1 aromatic carbocycles. The third-order valence-corrected chi connectivity index (χ3v) is 4.73. The maximum absolute atomic E-state index is 5.74. The second kappa shape index (κ2) is 5.14. The molecule has 0 spiro atoms. The topological polar surface area (TPSA) is 27.7 Å². The van der Waals surface area contributed by atoms with Crippen LogP contribution in [0.4, 0.5) is 0 Å². The molecule has 0 aromatic heterocycles. The van der Waals surface area contributed by atoms with E-state index in [0.29, 0.717) is 0 Å². The fourth-order valence-corrected chi connectivity index (χ4v) is 2.75. The Morgan fingerprint density at radius 3 is 2.07 bits per heavy atom. The van der Waals surface area contributed by atoms with Crippen LogP contribution in [0.2, 0.25) is 6.04 Å². The van der Waals surface area contributed by atoms with Crippen molar-refractivity contribution >= 4 is 8.80 Å². The molecule has 0 heterocycles. The lowest BCUT2D eigenvalue weighted by Gasteiger charge is -2.25. The van der Waals surface area contributed by atoms with Gasteiger partial charge < -0.3 is 13.3 Å². The maximum Gasteiger partial charge on any atom is 0.565 e. The summed E-state index contributed by atoms with van der Waals surface area (Å²) in [6.07, 6.45) is 0. The highest BCUT2D eigenvalue weighted by Crippen LogP contribution is 2.18. The van der Waals surface area contributed by atoms with Crippen LogP contribution in [-0.2, 0) is 8.85 Å². The first-order chi connectivity index (χ1) is 6.76. The molecule has 0 saturated heterocycles. The molecule has 78 valence electrons. The molecule has 0 bridgehead atoms. The molecule has 0 atom stereocenters. The summed E-state index contributed by atoms with van der Waals surface area (Å²) in [6, 6.07) is 10.4. The Morgan fingerprint density at radius 1 is 1.07 bits per heavy atom. The first-order valence-electron chi connectivity index (χ1n) is 4.60. The van der Waals surface area contributed by atoms with Gasteiger partial charge in [0, 0.05) is 20.3 Å². The molecular weight excluding hydrogens is 196 g/mol. The van der Waals surface area contributed by atoms with E-state index in [1.807, 2.05) is 37.3 Å². The highest BCUT2D eigenvalue weighted by atomic mass is 28.4. The van der Waals surface area contributed by atoms with Gasteiger partial charge in [0.2, 0.25) is 0 Å². The van der Waals surface area contributed by atoms with E-state index in [1.54, 1.807) is 14.2 Å². The smallest absolute Gasteiger partial charge is 0.501 e. The molecule has 0 aliphatic carbocycles. The third kappa shape index (κ3) is 2.57. The number of benzene rings is 1. The van der Waals surface area contributed by atoms with Gasteiger partial charge >= 0.3 is 8.80 Å². The minimum absolute atomic E-state index is 0.759. The Labute approximate surface area is 86.0 Å². The van der Waals surface area contributed by atoms with Crippen molar-refractivity contribution in [1.29, 1.82) is 0 Å². The van der Waals surface area contributed by atoms with Gasteiger partial charge in [0.05, 0.1) is 0 Å². The summed E-state index contributed by atoms with van der Waals surface area (Å²) >= 11 is 0. The van der Waals surface area contributed by atoms with Crippen LogP contribution in [0.25, 0.3) is 0 Å². The van der Waals surface area contributed by atoms with E-state index in [0.717, 1.165) is 11.8 Å². The summed E-state index contributed by atoms with van der Waals surface area (Å²) in [4.78, 5) is 0. The molecule has 0 fully saturated rings. The Balaban J connectivity index is 2.74. The van der Waals surface area contributed by atoms with Crippen LogP contribution in [0.15, 0.2) is 30.3 Å². The van der Waals surface area contributed by atoms with Crippen molar-refractivity contribution in [2.24, 2.45) is 0 Å². The van der Waals surface area contributed by atoms with Gasteiger partial charge in [-0.25, -0.2) is 0 Å². The van der Waals surface area contributed by atoms with Crippen LogP contribution in [0.1, 0.15) is 6.92 Å². The van der Waals surface area contributed by atoms with Gasteiger partial charge in [-0.2, -0.15) is 0 Å². The first-order valence-corrected chi connectivity index (χ1v) is 6.54. The molecule has 4 heteroatoms. The molecule has 0 amide bonds. The Morgan fingerprint density at radius 2 is 1.64 bits per heavy atom. The van der Waals surface area contributed by atoms with E-state index in [1.165, 1.54) is 0 Å². The summed E-state index contributed by atoms with van der Waals surface area (Å²) in [5.74, 6) is 0.796. The van der Waals surface area contributed by atoms with Crippen molar-refractivity contribution in [2.75, 3.05) is 14.2 Å². The Bertz CT molecular complexity index is 251. The van der Waals surface area contributed by atoms with Crippen LogP contribution in [-0.4, -0.2) is 23.0 Å². The van der Waals surface area contributed by atoms with Gasteiger partial charge in [-0.1, -0.05) is 25.1 Å². The van der Waals surface area contributed by atoms with Crippen molar-refractivity contribution in [3.05, 3.63) is 30.3 Å². The van der Waals surface area contributed by atoms with Gasteiger partial charge in [-0.15, -0.1) is 0 Å². The highest BCUT2D eigenvalue weighted by molar-refractivity contribution is 6.61. The zero-order chi connectivity index (χ0) is 10.4. The normalized spacial score (nSPS) is 11.4. The van der Waals surface area contributed by atoms with Gasteiger partial charge in [0.1, 0.15) is 5.75 Å². The molecule has 3 nitrogen and oxygen atoms in total. The monoisotopic (exact) mass is 212 g/mol. The van der Waals surface area contributed by atoms with Crippen molar-refractivity contribution in [1.82, 2.24) is 0 Å². The SMILES string of the molecule is CC[Si](OC)(OC)Oc1ccccc1.